The smallest absolute Gasteiger partial charge is 0.362 e. The largest absolute Gasteiger partial charge is 0.465 e. The van der Waals surface area contributed by atoms with E-state index >= 15 is 0 Å². The van der Waals surface area contributed by atoms with E-state index in [-0.39, 0.29) is 24.1 Å². The highest BCUT2D eigenvalue weighted by atomic mass is 31.2. The van der Waals surface area contributed by atoms with E-state index in [1.807, 2.05) is 6.92 Å². The summed E-state index contributed by atoms with van der Waals surface area (Å²) < 4.78 is 27.9. The highest BCUT2D eigenvalue weighted by Crippen LogP contribution is 2.47. The van der Waals surface area contributed by atoms with Gasteiger partial charge in [-0.25, -0.2) is 4.79 Å². The van der Waals surface area contributed by atoms with Gasteiger partial charge >= 0.3 is 13.6 Å². The van der Waals surface area contributed by atoms with Crippen molar-refractivity contribution >= 4 is 18.9 Å². The Labute approximate surface area is 113 Å². The zero-order chi connectivity index (χ0) is 14.5. The second-order valence-electron chi connectivity index (χ2n) is 3.85. The van der Waals surface area contributed by atoms with Crippen molar-refractivity contribution in [1.82, 2.24) is 0 Å². The molecule has 0 saturated carbocycles. The van der Waals surface area contributed by atoms with E-state index in [4.69, 9.17) is 13.8 Å². The molecular formula is C13H19O5P. The molecule has 0 amide bonds. The van der Waals surface area contributed by atoms with Gasteiger partial charge in [-0.15, -0.1) is 0 Å². The lowest BCUT2D eigenvalue weighted by Crippen LogP contribution is -2.20. The van der Waals surface area contributed by atoms with Crippen LogP contribution in [-0.4, -0.2) is 26.3 Å². The molecule has 0 aliphatic heterocycles. The topological polar surface area (TPSA) is 61.8 Å². The molecule has 1 aromatic rings. The van der Waals surface area contributed by atoms with Gasteiger partial charge < -0.3 is 13.8 Å². The van der Waals surface area contributed by atoms with Gasteiger partial charge in [-0.3, -0.25) is 4.57 Å². The molecule has 0 saturated heterocycles. The van der Waals surface area contributed by atoms with E-state index in [0.717, 1.165) is 5.56 Å². The van der Waals surface area contributed by atoms with Crippen molar-refractivity contribution in [3.8, 4) is 0 Å². The standard InChI is InChI=1S/C13H19O5P/c1-5-17-19(15,18-6-2)12-8-7-10(3)9-11(12)13(14)16-4/h7-9H,5-6H2,1-4H3. The predicted molar refractivity (Wildman–Crippen MR) is 73.0 cm³/mol. The number of esters is 1. The third-order valence-corrected chi connectivity index (χ3v) is 4.63. The first-order valence-electron chi connectivity index (χ1n) is 6.07. The number of methoxy groups -OCH3 is 1. The fraction of sp³-hybridized carbons (Fsp3) is 0.462. The van der Waals surface area contributed by atoms with Crippen LogP contribution in [0.25, 0.3) is 0 Å². The molecule has 0 spiro atoms. The van der Waals surface area contributed by atoms with Crippen molar-refractivity contribution in [1.29, 1.82) is 0 Å². The van der Waals surface area contributed by atoms with Gasteiger partial charge in [-0.1, -0.05) is 11.6 Å². The Hall–Kier alpha value is -1.16. The monoisotopic (exact) mass is 286 g/mol. The van der Waals surface area contributed by atoms with E-state index in [0.29, 0.717) is 0 Å². The van der Waals surface area contributed by atoms with E-state index in [9.17, 15) is 9.36 Å². The first kappa shape index (κ1) is 15.9. The van der Waals surface area contributed by atoms with Gasteiger partial charge in [-0.2, -0.15) is 0 Å². The third-order valence-electron chi connectivity index (χ3n) is 2.45. The average Bonchev–Trinajstić information content (AvgIpc) is 2.38. The molecule has 0 atom stereocenters. The second-order valence-corrected chi connectivity index (χ2v) is 5.84. The maximum atomic E-state index is 12.7. The minimum Gasteiger partial charge on any atom is -0.465 e. The zero-order valence-electron chi connectivity index (χ0n) is 11.6. The van der Waals surface area contributed by atoms with E-state index in [2.05, 4.69) is 0 Å². The van der Waals surface area contributed by atoms with Crippen molar-refractivity contribution in [3.05, 3.63) is 29.3 Å². The number of rotatable bonds is 6. The van der Waals surface area contributed by atoms with Crippen LogP contribution in [0.4, 0.5) is 0 Å². The summed E-state index contributed by atoms with van der Waals surface area (Å²) in [6.45, 7) is 5.73. The SMILES string of the molecule is CCOP(=O)(OCC)c1ccc(C)cc1C(=O)OC. The summed E-state index contributed by atoms with van der Waals surface area (Å²) in [6, 6.07) is 4.96. The van der Waals surface area contributed by atoms with Gasteiger partial charge in [-0.05, 0) is 32.9 Å². The Morgan fingerprint density at radius 3 is 2.26 bits per heavy atom. The van der Waals surface area contributed by atoms with Crippen molar-refractivity contribution in [2.45, 2.75) is 20.8 Å². The molecule has 5 nitrogen and oxygen atoms in total. The molecule has 0 radical (unpaired) electrons. The third kappa shape index (κ3) is 3.66. The summed E-state index contributed by atoms with van der Waals surface area (Å²) in [6.07, 6.45) is 0. The van der Waals surface area contributed by atoms with Crippen molar-refractivity contribution < 1.29 is 23.1 Å². The molecule has 106 valence electrons. The van der Waals surface area contributed by atoms with E-state index < -0.39 is 13.6 Å². The van der Waals surface area contributed by atoms with Crippen LogP contribution in [0.1, 0.15) is 29.8 Å². The average molecular weight is 286 g/mol. The summed E-state index contributed by atoms with van der Waals surface area (Å²) in [5.41, 5.74) is 1.08. The molecule has 0 unspecified atom stereocenters. The van der Waals surface area contributed by atoms with Crippen LogP contribution in [0.2, 0.25) is 0 Å². The van der Waals surface area contributed by atoms with Gasteiger partial charge in [0.1, 0.15) is 0 Å². The van der Waals surface area contributed by atoms with Crippen LogP contribution in [0.5, 0.6) is 0 Å². The Balaban J connectivity index is 3.38. The van der Waals surface area contributed by atoms with Crippen LogP contribution in [0.15, 0.2) is 18.2 Å². The van der Waals surface area contributed by atoms with Crippen LogP contribution < -0.4 is 5.30 Å². The molecule has 19 heavy (non-hydrogen) atoms. The highest BCUT2D eigenvalue weighted by Gasteiger charge is 2.32. The van der Waals surface area contributed by atoms with Crippen LogP contribution >= 0.6 is 7.60 Å². The zero-order valence-corrected chi connectivity index (χ0v) is 12.5. The molecular weight excluding hydrogens is 267 g/mol. The van der Waals surface area contributed by atoms with Gasteiger partial charge in [0.15, 0.2) is 0 Å². The van der Waals surface area contributed by atoms with E-state index in [1.54, 1.807) is 32.0 Å². The minimum absolute atomic E-state index is 0.215. The Morgan fingerprint density at radius 2 is 1.79 bits per heavy atom. The molecule has 0 aliphatic rings. The lowest BCUT2D eigenvalue weighted by molar-refractivity contribution is 0.0601. The summed E-state index contributed by atoms with van der Waals surface area (Å²) in [7, 11) is -2.22. The molecule has 0 heterocycles. The van der Waals surface area contributed by atoms with Gasteiger partial charge in [0, 0.05) is 0 Å². The Morgan fingerprint density at radius 1 is 1.21 bits per heavy atom. The molecule has 1 rings (SSSR count). The number of carbonyl (C=O) groups is 1. The van der Waals surface area contributed by atoms with Crippen LogP contribution in [-0.2, 0) is 18.3 Å². The predicted octanol–water partition coefficient (Wildman–Crippen LogP) is 2.67. The molecule has 0 bridgehead atoms. The first-order valence-corrected chi connectivity index (χ1v) is 7.61. The van der Waals surface area contributed by atoms with Crippen molar-refractivity contribution in [2.24, 2.45) is 0 Å². The Kier molecular flexibility index (Phi) is 5.73. The lowest BCUT2D eigenvalue weighted by atomic mass is 10.1. The van der Waals surface area contributed by atoms with Crippen LogP contribution in [0.3, 0.4) is 0 Å². The fourth-order valence-electron chi connectivity index (χ4n) is 1.68. The second kappa shape index (κ2) is 6.85. The summed E-state index contributed by atoms with van der Waals surface area (Å²) in [5, 5.41) is 0.244. The number of hydrogen-bond donors (Lipinski definition) is 0. The highest BCUT2D eigenvalue weighted by molar-refractivity contribution is 7.62. The lowest BCUT2D eigenvalue weighted by Gasteiger charge is -2.19. The van der Waals surface area contributed by atoms with Gasteiger partial charge in [0.25, 0.3) is 0 Å². The number of hydrogen-bond acceptors (Lipinski definition) is 5. The van der Waals surface area contributed by atoms with Gasteiger partial charge in [0.2, 0.25) is 0 Å². The maximum absolute atomic E-state index is 12.7. The van der Waals surface area contributed by atoms with Crippen molar-refractivity contribution in [2.75, 3.05) is 20.3 Å². The quantitative estimate of drug-likeness (QED) is 0.594. The molecule has 0 fully saturated rings. The summed E-state index contributed by atoms with van der Waals surface area (Å²) in [4.78, 5) is 11.8. The summed E-state index contributed by atoms with van der Waals surface area (Å²) in [5.74, 6) is -0.557. The summed E-state index contributed by atoms with van der Waals surface area (Å²) >= 11 is 0. The first-order chi connectivity index (χ1) is 8.98. The van der Waals surface area contributed by atoms with E-state index in [1.165, 1.54) is 7.11 Å². The van der Waals surface area contributed by atoms with Gasteiger partial charge in [0.05, 0.1) is 31.2 Å². The number of ether oxygens (including phenoxy) is 1. The normalized spacial score (nSPS) is 11.4. The number of carbonyl (C=O) groups excluding carboxylic acids is 1. The molecule has 0 N–H and O–H groups in total. The maximum Gasteiger partial charge on any atom is 0.362 e. The van der Waals surface area contributed by atoms with Crippen molar-refractivity contribution in [3.63, 3.8) is 0 Å². The minimum atomic E-state index is -3.50. The molecule has 0 aromatic heterocycles. The molecule has 1 aromatic carbocycles. The fourth-order valence-corrected chi connectivity index (χ4v) is 3.42. The number of aryl methyl sites for hydroxylation is 1. The van der Waals surface area contributed by atoms with Crippen LogP contribution in [0, 0.1) is 6.92 Å². The molecule has 6 heteroatoms. The molecule has 0 aliphatic carbocycles. The Bertz CT molecular complexity index is 488. The number of benzene rings is 1.